The number of fused-ring (bicyclic) bond motifs is 1. The van der Waals surface area contributed by atoms with Crippen LogP contribution in [0.15, 0.2) is 18.2 Å². The second kappa shape index (κ2) is 10.0. The number of likely N-dealkylation sites (tertiary alicyclic amines) is 1. The number of amides is 2. The van der Waals surface area contributed by atoms with Gasteiger partial charge in [-0.15, -0.1) is 0 Å². The summed E-state index contributed by atoms with van der Waals surface area (Å²) in [7, 11) is 0. The molecule has 0 saturated carbocycles. The number of anilines is 1. The van der Waals surface area contributed by atoms with Crippen molar-refractivity contribution in [2.24, 2.45) is 5.41 Å². The van der Waals surface area contributed by atoms with E-state index in [2.05, 4.69) is 17.1 Å². The second-order valence-corrected chi connectivity index (χ2v) is 9.40. The summed E-state index contributed by atoms with van der Waals surface area (Å²) in [5.41, 5.74) is 2.29. The third kappa shape index (κ3) is 5.98. The molecule has 7 nitrogen and oxygen atoms in total. The van der Waals surface area contributed by atoms with Crippen LogP contribution in [0.3, 0.4) is 0 Å². The van der Waals surface area contributed by atoms with Crippen LogP contribution in [-0.4, -0.2) is 74.2 Å². The molecule has 2 amide bonds. The molecule has 3 aliphatic rings. The first-order chi connectivity index (χ1) is 15.0. The zero-order chi connectivity index (χ0) is 21.7. The summed E-state index contributed by atoms with van der Waals surface area (Å²) in [5, 5.41) is 2.88. The number of benzene rings is 1. The molecule has 0 radical (unpaired) electrons. The Morgan fingerprint density at radius 3 is 2.71 bits per heavy atom. The van der Waals surface area contributed by atoms with Crippen molar-refractivity contribution in [3.05, 3.63) is 23.8 Å². The lowest BCUT2D eigenvalue weighted by atomic mass is 9.79. The molecule has 2 fully saturated rings. The maximum atomic E-state index is 12.6. The Balaban J connectivity index is 1.15. The van der Waals surface area contributed by atoms with Gasteiger partial charge in [-0.25, -0.2) is 0 Å². The molecule has 7 heteroatoms. The van der Waals surface area contributed by atoms with Crippen molar-refractivity contribution in [1.29, 1.82) is 0 Å². The third-order valence-corrected chi connectivity index (χ3v) is 6.81. The molecule has 1 aromatic carbocycles. The fourth-order valence-electron chi connectivity index (χ4n) is 4.77. The van der Waals surface area contributed by atoms with Crippen molar-refractivity contribution in [3.63, 3.8) is 0 Å². The lowest BCUT2D eigenvalue weighted by molar-refractivity contribution is -0.134. The van der Waals surface area contributed by atoms with E-state index in [0.717, 1.165) is 82.2 Å². The normalized spacial score (nSPS) is 21.3. The largest absolute Gasteiger partial charge is 0.494 e. The molecule has 0 atom stereocenters. The molecule has 3 aliphatic heterocycles. The first-order valence-electron chi connectivity index (χ1n) is 11.6. The van der Waals surface area contributed by atoms with E-state index in [4.69, 9.17) is 9.47 Å². The molecular formula is C24H35N3O4. The van der Waals surface area contributed by atoms with E-state index >= 15 is 0 Å². The minimum absolute atomic E-state index is 0.0683. The molecule has 2 saturated heterocycles. The summed E-state index contributed by atoms with van der Waals surface area (Å²) < 4.78 is 11.3. The number of nitrogens with zero attached hydrogens (tertiary/aromatic N) is 2. The number of hydrogen-bond donors (Lipinski definition) is 1. The van der Waals surface area contributed by atoms with Gasteiger partial charge in [-0.3, -0.25) is 14.5 Å². The van der Waals surface area contributed by atoms with Gasteiger partial charge in [0, 0.05) is 51.3 Å². The van der Waals surface area contributed by atoms with E-state index in [1.54, 1.807) is 0 Å². The van der Waals surface area contributed by atoms with E-state index in [9.17, 15) is 9.59 Å². The van der Waals surface area contributed by atoms with Crippen molar-refractivity contribution in [2.75, 3.05) is 57.9 Å². The van der Waals surface area contributed by atoms with Crippen molar-refractivity contribution in [3.8, 4) is 5.75 Å². The average molecular weight is 430 g/mol. The monoisotopic (exact) mass is 429 g/mol. The molecule has 0 aliphatic carbocycles. The van der Waals surface area contributed by atoms with Crippen LogP contribution >= 0.6 is 0 Å². The number of rotatable bonds is 7. The number of carbonyl (C=O) groups excluding carboxylic acids is 2. The number of morpholine rings is 1. The predicted molar refractivity (Wildman–Crippen MR) is 119 cm³/mol. The number of nitrogens with one attached hydrogen (secondary N) is 1. The highest BCUT2D eigenvalue weighted by Gasteiger charge is 2.33. The summed E-state index contributed by atoms with van der Waals surface area (Å²) >= 11 is 0. The van der Waals surface area contributed by atoms with Crippen molar-refractivity contribution < 1.29 is 19.1 Å². The summed E-state index contributed by atoms with van der Waals surface area (Å²) in [5.74, 6) is 1.11. The Morgan fingerprint density at radius 2 is 1.94 bits per heavy atom. The van der Waals surface area contributed by atoms with Crippen molar-refractivity contribution >= 4 is 17.5 Å². The molecule has 0 bridgehead atoms. The van der Waals surface area contributed by atoms with Gasteiger partial charge in [-0.2, -0.15) is 0 Å². The van der Waals surface area contributed by atoms with Gasteiger partial charge in [0.15, 0.2) is 0 Å². The molecule has 1 aromatic rings. The molecule has 0 aromatic heterocycles. The molecule has 3 heterocycles. The zero-order valence-electron chi connectivity index (χ0n) is 18.7. The maximum Gasteiger partial charge on any atom is 0.224 e. The molecule has 0 spiro atoms. The Kier molecular flexibility index (Phi) is 7.13. The molecular weight excluding hydrogens is 394 g/mol. The fourth-order valence-corrected chi connectivity index (χ4v) is 4.77. The summed E-state index contributed by atoms with van der Waals surface area (Å²) in [6.07, 6.45) is 4.65. The number of carbonyl (C=O) groups is 2. The Morgan fingerprint density at radius 1 is 1.16 bits per heavy atom. The Bertz CT molecular complexity index is 783. The van der Waals surface area contributed by atoms with Gasteiger partial charge in [-0.1, -0.05) is 6.92 Å². The molecule has 31 heavy (non-hydrogen) atoms. The summed E-state index contributed by atoms with van der Waals surface area (Å²) in [4.78, 5) is 28.6. The summed E-state index contributed by atoms with van der Waals surface area (Å²) in [6.45, 7) is 9.44. The van der Waals surface area contributed by atoms with Crippen LogP contribution in [0, 0.1) is 5.41 Å². The zero-order valence-corrected chi connectivity index (χ0v) is 18.7. The van der Waals surface area contributed by atoms with Crippen LogP contribution < -0.4 is 10.1 Å². The molecule has 0 unspecified atom stereocenters. The van der Waals surface area contributed by atoms with Gasteiger partial charge in [0.05, 0.1) is 19.8 Å². The molecule has 170 valence electrons. The van der Waals surface area contributed by atoms with E-state index in [-0.39, 0.29) is 11.8 Å². The van der Waals surface area contributed by atoms with Gasteiger partial charge >= 0.3 is 0 Å². The Hall–Kier alpha value is -2.12. The first kappa shape index (κ1) is 22.1. The van der Waals surface area contributed by atoms with Crippen LogP contribution in [0.4, 0.5) is 5.69 Å². The van der Waals surface area contributed by atoms with Gasteiger partial charge in [0.2, 0.25) is 11.8 Å². The highest BCUT2D eigenvalue weighted by atomic mass is 16.5. The second-order valence-electron chi connectivity index (χ2n) is 9.40. The van der Waals surface area contributed by atoms with Crippen LogP contribution in [-0.2, 0) is 20.7 Å². The van der Waals surface area contributed by atoms with Crippen LogP contribution in [0.25, 0.3) is 0 Å². The van der Waals surface area contributed by atoms with Gasteiger partial charge in [-0.05, 0) is 54.9 Å². The maximum absolute atomic E-state index is 12.6. The molecule has 4 rings (SSSR count). The van der Waals surface area contributed by atoms with Crippen molar-refractivity contribution in [2.45, 2.75) is 45.4 Å². The highest BCUT2D eigenvalue weighted by molar-refractivity contribution is 5.94. The highest BCUT2D eigenvalue weighted by Crippen LogP contribution is 2.32. The predicted octanol–water partition coefficient (Wildman–Crippen LogP) is 2.69. The number of aryl methyl sites for hydroxylation is 1. The van der Waals surface area contributed by atoms with E-state index in [0.29, 0.717) is 31.3 Å². The Labute approximate surface area is 185 Å². The lowest BCUT2D eigenvalue weighted by Gasteiger charge is -2.43. The van der Waals surface area contributed by atoms with Crippen LogP contribution in [0.5, 0.6) is 5.75 Å². The number of piperidine rings is 1. The quantitative estimate of drug-likeness (QED) is 0.675. The van der Waals surface area contributed by atoms with Gasteiger partial charge < -0.3 is 19.7 Å². The minimum Gasteiger partial charge on any atom is -0.494 e. The van der Waals surface area contributed by atoms with Gasteiger partial charge in [0.1, 0.15) is 5.75 Å². The fraction of sp³-hybridized carbons (Fsp3) is 0.667. The average Bonchev–Trinajstić information content (AvgIpc) is 2.77. The first-order valence-corrected chi connectivity index (χ1v) is 11.6. The van der Waals surface area contributed by atoms with Crippen LogP contribution in [0.1, 0.15) is 44.6 Å². The topological polar surface area (TPSA) is 71.1 Å². The lowest BCUT2D eigenvalue weighted by Crippen LogP contribution is -2.48. The minimum atomic E-state index is 0.0683. The van der Waals surface area contributed by atoms with E-state index < -0.39 is 0 Å². The SMILES string of the molecule is CC1(CN2CCOCC2)CCN(C(=O)CCCOc2ccc3c(c2)CCC(=O)N3)CC1. The number of ether oxygens (including phenoxy) is 2. The van der Waals surface area contributed by atoms with Gasteiger partial charge in [0.25, 0.3) is 0 Å². The summed E-state index contributed by atoms with van der Waals surface area (Å²) in [6, 6.07) is 5.78. The number of hydrogen-bond acceptors (Lipinski definition) is 5. The smallest absolute Gasteiger partial charge is 0.224 e. The van der Waals surface area contributed by atoms with E-state index in [1.807, 2.05) is 23.1 Å². The third-order valence-electron chi connectivity index (χ3n) is 6.81. The van der Waals surface area contributed by atoms with Crippen LogP contribution in [0.2, 0.25) is 0 Å². The van der Waals surface area contributed by atoms with Crippen molar-refractivity contribution in [1.82, 2.24) is 9.80 Å². The standard InChI is InChI=1S/C24H35N3O4/c1-24(18-26-12-15-30-16-13-26)8-10-27(11-9-24)23(29)3-2-14-31-20-5-6-21-19(17-20)4-7-22(28)25-21/h5-6,17H,2-4,7-16,18H2,1H3,(H,25,28). The molecule has 1 N–H and O–H groups in total. The van der Waals surface area contributed by atoms with E-state index in [1.165, 1.54) is 0 Å².